The maximum atomic E-state index is 12.3. The van der Waals surface area contributed by atoms with Gasteiger partial charge >= 0.3 is 0 Å². The first-order chi connectivity index (χ1) is 11.6. The zero-order valence-corrected chi connectivity index (χ0v) is 14.2. The number of benzene rings is 1. The van der Waals surface area contributed by atoms with Crippen LogP contribution in [-0.4, -0.2) is 34.8 Å². The average Bonchev–Trinajstić information content (AvgIpc) is 2.94. The molecule has 24 heavy (non-hydrogen) atoms. The number of nitrogens with zero attached hydrogens (tertiary/aromatic N) is 2. The molecule has 2 heterocycles. The number of hydrogen-bond donors (Lipinski definition) is 2. The van der Waals surface area contributed by atoms with E-state index in [0.717, 1.165) is 32.4 Å². The molecule has 0 saturated carbocycles. The van der Waals surface area contributed by atoms with Crippen LogP contribution in [0.2, 0.25) is 0 Å². The molecule has 1 aromatic carbocycles. The fourth-order valence-corrected chi connectivity index (χ4v) is 3.34. The van der Waals surface area contributed by atoms with Gasteiger partial charge in [0.25, 0.3) is 11.5 Å². The van der Waals surface area contributed by atoms with Crippen molar-refractivity contribution in [2.45, 2.75) is 32.2 Å². The predicted octanol–water partition coefficient (Wildman–Crippen LogP) is 1.67. The van der Waals surface area contributed by atoms with E-state index in [1.54, 1.807) is 7.05 Å². The fourth-order valence-electron chi connectivity index (χ4n) is 3.34. The number of para-hydroxylation sites is 1. The van der Waals surface area contributed by atoms with Crippen molar-refractivity contribution in [3.8, 4) is 0 Å². The second-order valence-corrected chi connectivity index (χ2v) is 6.28. The van der Waals surface area contributed by atoms with E-state index in [0.29, 0.717) is 5.69 Å². The fraction of sp³-hybridized carbons (Fsp3) is 0.444. The van der Waals surface area contributed by atoms with Crippen molar-refractivity contribution >= 4 is 11.6 Å². The molecular formula is C18H24N4O2. The first-order valence-corrected chi connectivity index (χ1v) is 8.48. The van der Waals surface area contributed by atoms with E-state index in [1.165, 1.54) is 22.0 Å². The summed E-state index contributed by atoms with van der Waals surface area (Å²) in [5, 5.41) is 5.60. The molecule has 1 fully saturated rings. The van der Waals surface area contributed by atoms with E-state index in [9.17, 15) is 9.59 Å². The molecule has 0 atom stereocenters. The largest absolute Gasteiger partial charge is 0.371 e. The van der Waals surface area contributed by atoms with Crippen molar-refractivity contribution in [2.75, 3.05) is 18.0 Å². The van der Waals surface area contributed by atoms with Crippen molar-refractivity contribution < 1.29 is 4.79 Å². The molecule has 6 nitrogen and oxygen atoms in total. The quantitative estimate of drug-likeness (QED) is 0.897. The summed E-state index contributed by atoms with van der Waals surface area (Å²) in [5.41, 5.74) is 2.78. The lowest BCUT2D eigenvalue weighted by molar-refractivity contribution is 0.0921. The van der Waals surface area contributed by atoms with Gasteiger partial charge in [-0.25, -0.2) is 0 Å². The van der Waals surface area contributed by atoms with E-state index in [-0.39, 0.29) is 17.5 Å². The van der Waals surface area contributed by atoms with Crippen LogP contribution in [0.5, 0.6) is 0 Å². The van der Waals surface area contributed by atoms with Crippen LogP contribution in [-0.2, 0) is 13.5 Å². The summed E-state index contributed by atoms with van der Waals surface area (Å²) in [6, 6.07) is 9.99. The van der Waals surface area contributed by atoms with Crippen LogP contribution in [0, 0.1) is 0 Å². The van der Waals surface area contributed by atoms with E-state index in [1.807, 2.05) is 0 Å². The molecule has 6 heteroatoms. The number of aryl methyl sites for hydroxylation is 2. The molecule has 0 unspecified atom stereocenters. The number of carbonyl (C=O) groups excluding carboxylic acids is 1. The Bertz CT molecular complexity index is 769. The topological polar surface area (TPSA) is 70.1 Å². The molecule has 1 aromatic heterocycles. The highest BCUT2D eigenvalue weighted by Crippen LogP contribution is 2.24. The van der Waals surface area contributed by atoms with Crippen LogP contribution in [0.25, 0.3) is 0 Å². The number of H-pyrrole nitrogens is 1. The zero-order valence-electron chi connectivity index (χ0n) is 14.2. The average molecular weight is 328 g/mol. The van der Waals surface area contributed by atoms with Crippen molar-refractivity contribution in [3.63, 3.8) is 0 Å². The minimum absolute atomic E-state index is 0.146. The summed E-state index contributed by atoms with van der Waals surface area (Å²) < 4.78 is 1.46. The summed E-state index contributed by atoms with van der Waals surface area (Å²) in [5.74, 6) is -0.191. The standard InChI is InChI=1S/C18H24N4O2/c1-3-13-6-4-5-7-15(13)22-10-8-14(9-11-22)19-18(24)16-12-17(23)20-21(16)2/h4-7,12,14H,3,8-11H2,1-2H3,(H,19,24)(H,20,23). The van der Waals surface area contributed by atoms with E-state index >= 15 is 0 Å². The Morgan fingerprint density at radius 2 is 2.00 bits per heavy atom. The molecule has 0 bridgehead atoms. The number of carbonyl (C=O) groups is 1. The molecule has 0 radical (unpaired) electrons. The Balaban J connectivity index is 1.60. The number of hydrogen-bond acceptors (Lipinski definition) is 3. The Morgan fingerprint density at radius 3 is 2.62 bits per heavy atom. The number of rotatable bonds is 4. The van der Waals surface area contributed by atoms with E-state index < -0.39 is 0 Å². The second kappa shape index (κ2) is 6.95. The molecule has 3 rings (SSSR count). The molecular weight excluding hydrogens is 304 g/mol. The highest BCUT2D eigenvalue weighted by molar-refractivity contribution is 5.92. The first-order valence-electron chi connectivity index (χ1n) is 8.48. The Labute approximate surface area is 141 Å². The van der Waals surface area contributed by atoms with Gasteiger partial charge in [0.05, 0.1) is 0 Å². The van der Waals surface area contributed by atoms with Gasteiger partial charge in [-0.15, -0.1) is 0 Å². The number of nitrogens with one attached hydrogen (secondary N) is 2. The molecule has 2 N–H and O–H groups in total. The first kappa shape index (κ1) is 16.4. The van der Waals surface area contributed by atoms with Crippen LogP contribution in [0.4, 0.5) is 5.69 Å². The van der Waals surface area contributed by atoms with Crippen LogP contribution in [0.1, 0.15) is 35.8 Å². The van der Waals surface area contributed by atoms with Gasteiger partial charge in [0.1, 0.15) is 5.69 Å². The third-order valence-corrected chi connectivity index (χ3v) is 4.68. The summed E-state index contributed by atoms with van der Waals surface area (Å²) in [6.45, 7) is 4.02. The third-order valence-electron chi connectivity index (χ3n) is 4.68. The van der Waals surface area contributed by atoms with Crippen LogP contribution in [0.15, 0.2) is 35.1 Å². The number of piperidine rings is 1. The normalized spacial score (nSPS) is 15.5. The molecule has 0 aliphatic carbocycles. The molecule has 0 spiro atoms. The highest BCUT2D eigenvalue weighted by atomic mass is 16.2. The number of anilines is 1. The van der Waals surface area contributed by atoms with Crippen LogP contribution < -0.4 is 15.8 Å². The zero-order chi connectivity index (χ0) is 17.1. The SMILES string of the molecule is CCc1ccccc1N1CCC(NC(=O)c2cc(=O)[nH]n2C)CC1. The van der Waals surface area contributed by atoms with E-state index in [4.69, 9.17) is 0 Å². The Kier molecular flexibility index (Phi) is 4.74. The van der Waals surface area contributed by atoms with Crippen molar-refractivity contribution in [3.05, 3.63) is 51.9 Å². The minimum atomic E-state index is -0.256. The molecule has 1 aliphatic rings. The molecule has 1 amide bonds. The van der Waals surface area contributed by atoms with Gasteiger partial charge in [0.2, 0.25) is 0 Å². The lowest BCUT2D eigenvalue weighted by Gasteiger charge is -2.35. The summed E-state index contributed by atoms with van der Waals surface area (Å²) in [7, 11) is 1.67. The van der Waals surface area contributed by atoms with Gasteiger partial charge in [-0.05, 0) is 30.9 Å². The second-order valence-electron chi connectivity index (χ2n) is 6.28. The van der Waals surface area contributed by atoms with Gasteiger partial charge in [0.15, 0.2) is 0 Å². The lowest BCUT2D eigenvalue weighted by Crippen LogP contribution is -2.45. The lowest BCUT2D eigenvalue weighted by atomic mass is 10.0. The number of aromatic nitrogens is 2. The van der Waals surface area contributed by atoms with Gasteiger partial charge in [0, 0.05) is 37.9 Å². The monoisotopic (exact) mass is 328 g/mol. The highest BCUT2D eigenvalue weighted by Gasteiger charge is 2.23. The van der Waals surface area contributed by atoms with Gasteiger partial charge in [-0.1, -0.05) is 25.1 Å². The summed E-state index contributed by atoms with van der Waals surface area (Å²) >= 11 is 0. The van der Waals surface area contributed by atoms with Gasteiger partial charge in [-0.3, -0.25) is 19.4 Å². The van der Waals surface area contributed by atoms with Gasteiger partial charge in [-0.2, -0.15) is 0 Å². The minimum Gasteiger partial charge on any atom is -0.371 e. The third kappa shape index (κ3) is 3.37. The number of amides is 1. The van der Waals surface area contributed by atoms with Crippen LogP contribution >= 0.6 is 0 Å². The molecule has 1 saturated heterocycles. The Hall–Kier alpha value is -2.50. The Morgan fingerprint density at radius 1 is 1.29 bits per heavy atom. The smallest absolute Gasteiger partial charge is 0.269 e. The van der Waals surface area contributed by atoms with Crippen molar-refractivity contribution in [1.82, 2.24) is 15.1 Å². The van der Waals surface area contributed by atoms with Gasteiger partial charge < -0.3 is 10.2 Å². The van der Waals surface area contributed by atoms with Crippen LogP contribution in [0.3, 0.4) is 0 Å². The van der Waals surface area contributed by atoms with Crippen molar-refractivity contribution in [2.24, 2.45) is 7.05 Å². The summed E-state index contributed by atoms with van der Waals surface area (Å²) in [6.07, 6.45) is 2.83. The molecule has 128 valence electrons. The number of aromatic amines is 1. The summed E-state index contributed by atoms with van der Waals surface area (Å²) in [4.78, 5) is 26.0. The maximum Gasteiger partial charge on any atom is 0.269 e. The maximum absolute atomic E-state index is 12.3. The van der Waals surface area contributed by atoms with Crippen molar-refractivity contribution in [1.29, 1.82) is 0 Å². The molecule has 1 aliphatic heterocycles. The predicted molar refractivity (Wildman–Crippen MR) is 94.6 cm³/mol. The van der Waals surface area contributed by atoms with E-state index in [2.05, 4.69) is 46.5 Å². The molecule has 2 aromatic rings.